The van der Waals surface area contributed by atoms with Crippen molar-refractivity contribution < 1.29 is 9.90 Å². The molecule has 2 aliphatic rings. The Morgan fingerprint density at radius 3 is 2.33 bits per heavy atom. The quantitative estimate of drug-likeness (QED) is 0.548. The molecular formula is C6H5NO2. The summed E-state index contributed by atoms with van der Waals surface area (Å²) in [5.74, 6) is -0.788. The van der Waals surface area contributed by atoms with Crippen LogP contribution in [0.2, 0.25) is 0 Å². The van der Waals surface area contributed by atoms with Crippen LogP contribution in [-0.2, 0) is 4.79 Å². The first-order valence-electron chi connectivity index (χ1n) is 2.82. The molecule has 0 radical (unpaired) electrons. The van der Waals surface area contributed by atoms with E-state index in [9.17, 15) is 4.79 Å². The first kappa shape index (κ1) is 4.80. The minimum atomic E-state index is -0.788. The molecule has 0 bridgehead atoms. The van der Waals surface area contributed by atoms with Crippen LogP contribution in [0, 0.1) is 22.2 Å². The van der Waals surface area contributed by atoms with Crippen LogP contribution in [0.3, 0.4) is 0 Å². The lowest BCUT2D eigenvalue weighted by Crippen LogP contribution is -2.03. The summed E-state index contributed by atoms with van der Waals surface area (Å²) in [6.45, 7) is 0. The summed E-state index contributed by atoms with van der Waals surface area (Å²) in [6.07, 6.45) is 1.18. The van der Waals surface area contributed by atoms with Crippen LogP contribution in [0.4, 0.5) is 0 Å². The highest BCUT2D eigenvalue weighted by atomic mass is 16.4. The van der Waals surface area contributed by atoms with Crippen LogP contribution in [0.15, 0.2) is 0 Å². The fourth-order valence-corrected chi connectivity index (χ4v) is 1.43. The molecule has 3 heteroatoms. The summed E-state index contributed by atoms with van der Waals surface area (Å²) in [6, 6.07) is 2.03. The van der Waals surface area contributed by atoms with Crippen molar-refractivity contribution in [1.29, 1.82) is 5.26 Å². The van der Waals surface area contributed by atoms with Crippen LogP contribution < -0.4 is 0 Å². The third-order valence-electron chi connectivity index (χ3n) is 2.50. The molecule has 2 aliphatic carbocycles. The maximum Gasteiger partial charge on any atom is 0.311 e. The highest BCUT2D eigenvalue weighted by Crippen LogP contribution is 2.85. The molecule has 0 aromatic heterocycles. The number of hydrogen-bond acceptors (Lipinski definition) is 2. The van der Waals surface area contributed by atoms with E-state index in [2.05, 4.69) is 0 Å². The van der Waals surface area contributed by atoms with Crippen LogP contribution >= 0.6 is 0 Å². The van der Waals surface area contributed by atoms with E-state index in [1.807, 2.05) is 6.07 Å². The molecule has 9 heavy (non-hydrogen) atoms. The fourth-order valence-electron chi connectivity index (χ4n) is 1.43. The van der Waals surface area contributed by atoms with Gasteiger partial charge in [-0.1, -0.05) is 0 Å². The van der Waals surface area contributed by atoms with Gasteiger partial charge in [-0.05, 0) is 12.8 Å². The number of nitriles is 1. The summed E-state index contributed by atoms with van der Waals surface area (Å²) in [4.78, 5) is 10.3. The molecule has 0 saturated heterocycles. The Morgan fingerprint density at radius 2 is 2.22 bits per heavy atom. The van der Waals surface area contributed by atoms with E-state index >= 15 is 0 Å². The van der Waals surface area contributed by atoms with E-state index in [-0.39, 0.29) is 0 Å². The number of carbonyl (C=O) groups is 1. The molecular weight excluding hydrogens is 118 g/mol. The second-order valence-corrected chi connectivity index (χ2v) is 2.93. The van der Waals surface area contributed by atoms with E-state index in [0.29, 0.717) is 12.8 Å². The van der Waals surface area contributed by atoms with Crippen molar-refractivity contribution in [3.63, 3.8) is 0 Å². The number of fused-ring (bicyclic) bond motifs is 1. The number of nitrogens with zero attached hydrogens (tertiary/aromatic N) is 1. The molecule has 3 nitrogen and oxygen atoms in total. The Bertz CT molecular complexity index is 232. The Kier molecular flexibility index (Phi) is 0.459. The van der Waals surface area contributed by atoms with Crippen molar-refractivity contribution in [2.75, 3.05) is 0 Å². The standard InChI is InChI=1S/C6H5NO2/c7-3-5-1-6(5,2-5)4(8)9/h1-2H2,(H,8,9). The largest absolute Gasteiger partial charge is 0.481 e. The van der Waals surface area contributed by atoms with Gasteiger partial charge in [0.05, 0.1) is 16.9 Å². The highest BCUT2D eigenvalue weighted by Gasteiger charge is 2.89. The normalized spacial score (nSPS) is 51.0. The first-order chi connectivity index (χ1) is 4.17. The summed E-state index contributed by atoms with van der Waals surface area (Å²) in [5.41, 5.74) is -0.999. The topological polar surface area (TPSA) is 61.1 Å². The first-order valence-corrected chi connectivity index (χ1v) is 2.82. The van der Waals surface area contributed by atoms with Gasteiger partial charge in [0.1, 0.15) is 0 Å². The molecule has 0 spiro atoms. The molecule has 0 aromatic rings. The molecule has 0 aromatic carbocycles. The fraction of sp³-hybridized carbons (Fsp3) is 0.667. The lowest BCUT2D eigenvalue weighted by Gasteiger charge is -1.87. The second-order valence-electron chi connectivity index (χ2n) is 2.93. The third kappa shape index (κ3) is 0.275. The van der Waals surface area contributed by atoms with Crippen molar-refractivity contribution in [1.82, 2.24) is 0 Å². The predicted octanol–water partition coefficient (Wildman–Crippen LogP) is 0.375. The zero-order chi connectivity index (χ0) is 6.70. The maximum absolute atomic E-state index is 10.3. The van der Waals surface area contributed by atoms with Gasteiger partial charge in [-0.2, -0.15) is 5.26 Å². The Balaban J connectivity index is 2.26. The summed E-state index contributed by atoms with van der Waals surface area (Å²) in [5, 5.41) is 16.9. The van der Waals surface area contributed by atoms with E-state index in [1.165, 1.54) is 0 Å². The number of aliphatic carboxylic acids is 1. The minimum absolute atomic E-state index is 0.418. The van der Waals surface area contributed by atoms with Gasteiger partial charge in [0, 0.05) is 0 Å². The van der Waals surface area contributed by atoms with Gasteiger partial charge in [-0.3, -0.25) is 4.79 Å². The van der Waals surface area contributed by atoms with Crippen LogP contribution in [0.5, 0.6) is 0 Å². The zero-order valence-electron chi connectivity index (χ0n) is 4.72. The summed E-state index contributed by atoms with van der Waals surface area (Å²) >= 11 is 0. The van der Waals surface area contributed by atoms with Crippen molar-refractivity contribution in [2.45, 2.75) is 12.8 Å². The predicted molar refractivity (Wildman–Crippen MR) is 27.3 cm³/mol. The average Bonchev–Trinajstić information content (AvgIpc) is 2.45. The molecule has 0 heterocycles. The highest BCUT2D eigenvalue weighted by molar-refractivity contribution is 5.87. The van der Waals surface area contributed by atoms with Gasteiger partial charge in [-0.25, -0.2) is 0 Å². The van der Waals surface area contributed by atoms with Crippen LogP contribution in [0.25, 0.3) is 0 Å². The SMILES string of the molecule is N#CC12CC1(C(=O)O)C2. The van der Waals surface area contributed by atoms with E-state index in [0.717, 1.165) is 0 Å². The Morgan fingerprint density at radius 1 is 1.67 bits per heavy atom. The average molecular weight is 123 g/mol. The number of rotatable bonds is 1. The molecule has 0 amide bonds. The number of hydrogen-bond donors (Lipinski definition) is 1. The minimum Gasteiger partial charge on any atom is -0.481 e. The Labute approximate surface area is 51.9 Å². The van der Waals surface area contributed by atoms with Crippen molar-refractivity contribution in [2.24, 2.45) is 10.8 Å². The number of carboxylic acids is 1. The maximum atomic E-state index is 10.3. The van der Waals surface area contributed by atoms with E-state index < -0.39 is 16.8 Å². The molecule has 2 saturated carbocycles. The molecule has 1 N–H and O–H groups in total. The van der Waals surface area contributed by atoms with Gasteiger partial charge >= 0.3 is 5.97 Å². The van der Waals surface area contributed by atoms with Crippen LogP contribution in [0.1, 0.15) is 12.8 Å². The van der Waals surface area contributed by atoms with Crippen molar-refractivity contribution >= 4 is 5.97 Å². The van der Waals surface area contributed by atoms with E-state index in [4.69, 9.17) is 10.4 Å². The molecule has 2 fully saturated rings. The molecule has 0 atom stereocenters. The summed E-state index contributed by atoms with van der Waals surface area (Å²) < 4.78 is 0. The van der Waals surface area contributed by atoms with E-state index in [1.54, 1.807) is 0 Å². The van der Waals surface area contributed by atoms with Crippen LogP contribution in [-0.4, -0.2) is 11.1 Å². The van der Waals surface area contributed by atoms with Gasteiger partial charge in [-0.15, -0.1) is 0 Å². The molecule has 46 valence electrons. The second kappa shape index (κ2) is 0.860. The summed E-state index contributed by atoms with van der Waals surface area (Å²) in [7, 11) is 0. The lowest BCUT2D eigenvalue weighted by molar-refractivity contribution is -0.140. The lowest BCUT2D eigenvalue weighted by atomic mass is 10.2. The van der Waals surface area contributed by atoms with Crippen molar-refractivity contribution in [3.05, 3.63) is 0 Å². The third-order valence-corrected chi connectivity index (χ3v) is 2.50. The molecule has 0 aliphatic heterocycles. The monoisotopic (exact) mass is 123 g/mol. The van der Waals surface area contributed by atoms with Crippen molar-refractivity contribution in [3.8, 4) is 6.07 Å². The van der Waals surface area contributed by atoms with Gasteiger partial charge < -0.3 is 5.11 Å². The van der Waals surface area contributed by atoms with Gasteiger partial charge in [0.25, 0.3) is 0 Å². The molecule has 0 unspecified atom stereocenters. The Hall–Kier alpha value is -1.04. The smallest absolute Gasteiger partial charge is 0.311 e. The van der Waals surface area contributed by atoms with Gasteiger partial charge in [0.15, 0.2) is 0 Å². The molecule has 2 rings (SSSR count). The zero-order valence-corrected chi connectivity index (χ0v) is 4.72. The number of carboxylic acid groups (broad SMARTS) is 1. The van der Waals surface area contributed by atoms with Gasteiger partial charge in [0.2, 0.25) is 0 Å².